The number of halogens is 2. The number of anilines is 1. The molecule has 0 atom stereocenters. The number of aromatic nitrogens is 1. The van der Waals surface area contributed by atoms with Gasteiger partial charge in [-0.05, 0) is 31.5 Å². The minimum absolute atomic E-state index is 0. The molecule has 0 radical (unpaired) electrons. The Kier molecular flexibility index (Phi) is 11.5. The highest BCUT2D eigenvalue weighted by Crippen LogP contribution is 2.20. The molecule has 0 fully saturated rings. The molecule has 124 valence electrons. The van der Waals surface area contributed by atoms with Gasteiger partial charge in [-0.1, -0.05) is 38.5 Å². The number of nitrogens with zero attached hydrogens (tertiary/aromatic N) is 1. The van der Waals surface area contributed by atoms with Crippen molar-refractivity contribution < 1.29 is 0 Å². The van der Waals surface area contributed by atoms with Crippen molar-refractivity contribution in [1.29, 1.82) is 0 Å². The van der Waals surface area contributed by atoms with E-state index in [1.807, 2.05) is 12.3 Å². The van der Waals surface area contributed by atoms with Crippen LogP contribution in [-0.2, 0) is 0 Å². The third-order valence-electron chi connectivity index (χ3n) is 3.35. The maximum absolute atomic E-state index is 4.46. The second-order valence-electron chi connectivity index (χ2n) is 5.48. The molecule has 1 heterocycles. The summed E-state index contributed by atoms with van der Waals surface area (Å²) in [6.07, 6.45) is 5.55. The van der Waals surface area contributed by atoms with Crippen molar-refractivity contribution in [3.05, 3.63) is 36.5 Å². The number of hydrogen-bond acceptors (Lipinski definition) is 3. The molecule has 0 aliphatic carbocycles. The lowest BCUT2D eigenvalue weighted by molar-refractivity contribution is 0.552. The van der Waals surface area contributed by atoms with E-state index in [-0.39, 0.29) is 34.0 Å². The van der Waals surface area contributed by atoms with E-state index in [2.05, 4.69) is 53.7 Å². The van der Waals surface area contributed by atoms with Gasteiger partial charge in [-0.15, -0.1) is 34.0 Å². The molecule has 5 heteroatoms. The van der Waals surface area contributed by atoms with Gasteiger partial charge in [0.1, 0.15) is 0 Å². The van der Waals surface area contributed by atoms with Crippen LogP contribution in [0.15, 0.2) is 36.5 Å². The van der Waals surface area contributed by atoms with Crippen LogP contribution in [-0.4, -0.2) is 24.1 Å². The number of benzene rings is 1. The van der Waals surface area contributed by atoms with Gasteiger partial charge in [-0.25, -0.2) is 0 Å². The molecule has 2 N–H and O–H groups in total. The number of fused-ring (bicyclic) bond motifs is 1. The van der Waals surface area contributed by atoms with Crippen LogP contribution in [0.2, 0.25) is 0 Å². The third-order valence-corrected chi connectivity index (χ3v) is 3.35. The molecule has 0 bridgehead atoms. The van der Waals surface area contributed by atoms with E-state index in [1.165, 1.54) is 24.6 Å². The summed E-state index contributed by atoms with van der Waals surface area (Å²) in [6, 6.07) is 11.0. The van der Waals surface area contributed by atoms with Crippen LogP contribution < -0.4 is 10.6 Å². The summed E-state index contributed by atoms with van der Waals surface area (Å²) in [7, 11) is 0. The smallest absolute Gasteiger partial charge is 0.0933 e. The zero-order valence-electron chi connectivity index (χ0n) is 13.3. The van der Waals surface area contributed by atoms with Gasteiger partial charge in [0.05, 0.1) is 11.2 Å². The molecule has 0 spiro atoms. The fourth-order valence-electron chi connectivity index (χ4n) is 2.29. The molecule has 0 amide bonds. The van der Waals surface area contributed by atoms with Crippen molar-refractivity contribution in [2.45, 2.75) is 39.2 Å². The molecule has 0 aliphatic rings. The normalized spacial score (nSPS) is 10.1. The van der Waals surface area contributed by atoms with Crippen molar-refractivity contribution in [3.63, 3.8) is 0 Å². The van der Waals surface area contributed by atoms with Gasteiger partial charge in [0.25, 0.3) is 0 Å². The Morgan fingerprint density at radius 2 is 1.68 bits per heavy atom. The summed E-state index contributed by atoms with van der Waals surface area (Å²) >= 11 is 0. The summed E-state index contributed by atoms with van der Waals surface area (Å²) in [5.74, 6) is 0. The first-order chi connectivity index (χ1) is 9.77. The number of para-hydroxylation sites is 1. The Morgan fingerprint density at radius 1 is 0.955 bits per heavy atom. The van der Waals surface area contributed by atoms with Crippen molar-refractivity contribution in [2.75, 3.05) is 18.4 Å². The first-order valence-corrected chi connectivity index (χ1v) is 7.58. The molecule has 1 aromatic heterocycles. The van der Waals surface area contributed by atoms with E-state index >= 15 is 0 Å². The highest BCUT2D eigenvalue weighted by molar-refractivity contribution is 8.93. The molecular formula is C17H27Br2N3. The second-order valence-corrected chi connectivity index (χ2v) is 5.48. The van der Waals surface area contributed by atoms with Crippen molar-refractivity contribution in [2.24, 2.45) is 0 Å². The van der Waals surface area contributed by atoms with Crippen LogP contribution in [0.1, 0.15) is 33.1 Å². The zero-order valence-corrected chi connectivity index (χ0v) is 16.8. The second kappa shape index (κ2) is 11.9. The molecule has 0 aliphatic heterocycles. The van der Waals surface area contributed by atoms with Crippen molar-refractivity contribution in [3.8, 4) is 0 Å². The first-order valence-electron chi connectivity index (χ1n) is 7.58. The van der Waals surface area contributed by atoms with Crippen LogP contribution in [0, 0.1) is 0 Å². The van der Waals surface area contributed by atoms with E-state index in [1.54, 1.807) is 0 Å². The van der Waals surface area contributed by atoms with Gasteiger partial charge in [0.2, 0.25) is 0 Å². The maximum atomic E-state index is 4.46. The third kappa shape index (κ3) is 7.07. The summed E-state index contributed by atoms with van der Waals surface area (Å²) in [4.78, 5) is 4.46. The largest absolute Gasteiger partial charge is 0.383 e. The average Bonchev–Trinajstić information content (AvgIpc) is 2.46. The number of nitrogens with one attached hydrogen (secondary N) is 2. The molecule has 2 aromatic rings. The topological polar surface area (TPSA) is 37.0 Å². The van der Waals surface area contributed by atoms with Gasteiger partial charge < -0.3 is 10.6 Å². The van der Waals surface area contributed by atoms with Crippen LogP contribution in [0.5, 0.6) is 0 Å². The lowest BCUT2D eigenvalue weighted by Crippen LogP contribution is -2.23. The van der Waals surface area contributed by atoms with Crippen molar-refractivity contribution in [1.82, 2.24) is 10.3 Å². The Balaban J connectivity index is 0.00000220. The number of pyridine rings is 1. The molecule has 2 rings (SSSR count). The minimum atomic E-state index is 0. The quantitative estimate of drug-likeness (QED) is 0.578. The maximum Gasteiger partial charge on any atom is 0.0933 e. The fraction of sp³-hybridized carbons (Fsp3) is 0.471. The average molecular weight is 433 g/mol. The van der Waals surface area contributed by atoms with E-state index in [0.717, 1.165) is 24.3 Å². The summed E-state index contributed by atoms with van der Waals surface area (Å²) < 4.78 is 0. The minimum Gasteiger partial charge on any atom is -0.383 e. The predicted molar refractivity (Wildman–Crippen MR) is 108 cm³/mol. The highest BCUT2D eigenvalue weighted by atomic mass is 79.9. The SMILES string of the molecule is Br.Br.CC(C)NCCCCCNc1cccc2cccnc12. The first kappa shape index (κ1) is 21.4. The molecule has 22 heavy (non-hydrogen) atoms. The lowest BCUT2D eigenvalue weighted by atomic mass is 10.2. The van der Waals surface area contributed by atoms with Crippen LogP contribution in [0.3, 0.4) is 0 Å². The van der Waals surface area contributed by atoms with Gasteiger partial charge in [0, 0.05) is 24.2 Å². The van der Waals surface area contributed by atoms with Gasteiger partial charge in [-0.2, -0.15) is 0 Å². The molecule has 3 nitrogen and oxygen atoms in total. The molecule has 0 saturated heterocycles. The Labute approximate surface area is 154 Å². The zero-order chi connectivity index (χ0) is 14.2. The summed E-state index contributed by atoms with van der Waals surface area (Å²) in [5.41, 5.74) is 2.21. The lowest BCUT2D eigenvalue weighted by Gasteiger charge is -2.10. The van der Waals surface area contributed by atoms with Crippen molar-refractivity contribution >= 4 is 50.6 Å². The van der Waals surface area contributed by atoms with Gasteiger partial charge in [-0.3, -0.25) is 4.98 Å². The molecule has 0 unspecified atom stereocenters. The Bertz CT molecular complexity index is 527. The molecular weight excluding hydrogens is 406 g/mol. The van der Waals surface area contributed by atoms with E-state index < -0.39 is 0 Å². The van der Waals surface area contributed by atoms with E-state index in [9.17, 15) is 0 Å². The van der Waals surface area contributed by atoms with Gasteiger partial charge in [0.15, 0.2) is 0 Å². The van der Waals surface area contributed by atoms with E-state index in [0.29, 0.717) is 6.04 Å². The summed E-state index contributed by atoms with van der Waals surface area (Å²) in [6.45, 7) is 6.51. The number of hydrogen-bond donors (Lipinski definition) is 2. The number of unbranched alkanes of at least 4 members (excludes halogenated alkanes) is 2. The summed E-state index contributed by atoms with van der Waals surface area (Å²) in [5, 5.41) is 8.15. The monoisotopic (exact) mass is 431 g/mol. The van der Waals surface area contributed by atoms with Gasteiger partial charge >= 0.3 is 0 Å². The predicted octanol–water partition coefficient (Wildman–Crippen LogP) is 4.97. The van der Waals surface area contributed by atoms with Crippen LogP contribution in [0.25, 0.3) is 10.9 Å². The Hall–Kier alpha value is -0.650. The molecule has 0 saturated carbocycles. The number of rotatable bonds is 8. The van der Waals surface area contributed by atoms with E-state index in [4.69, 9.17) is 0 Å². The standard InChI is InChI=1S/C17H25N3.2BrH/c1-14(2)18-11-4-3-5-12-19-16-10-6-8-15-9-7-13-20-17(15)16;;/h6-10,13-14,18-19H,3-5,11-12H2,1-2H3;2*1H. The highest BCUT2D eigenvalue weighted by Gasteiger charge is 2.00. The van der Waals surface area contributed by atoms with Crippen LogP contribution >= 0.6 is 34.0 Å². The molecule has 1 aromatic carbocycles. The van der Waals surface area contributed by atoms with Crippen LogP contribution in [0.4, 0.5) is 5.69 Å². The Morgan fingerprint density at radius 3 is 2.45 bits per heavy atom. The fourth-order valence-corrected chi connectivity index (χ4v) is 2.29.